The van der Waals surface area contributed by atoms with Crippen LogP contribution < -0.4 is 5.32 Å². The van der Waals surface area contributed by atoms with Gasteiger partial charge in [0.15, 0.2) is 0 Å². The van der Waals surface area contributed by atoms with Crippen molar-refractivity contribution in [3.05, 3.63) is 63.9 Å². The van der Waals surface area contributed by atoms with Crippen LogP contribution in [0, 0.1) is 0 Å². The summed E-state index contributed by atoms with van der Waals surface area (Å²) in [6.45, 7) is 1.82. The quantitative estimate of drug-likeness (QED) is 0.821. The van der Waals surface area contributed by atoms with Crippen LogP contribution in [0.2, 0.25) is 10.0 Å². The first-order valence-electron chi connectivity index (χ1n) is 6.30. The Kier molecular flexibility index (Phi) is 5.64. The fourth-order valence-electron chi connectivity index (χ4n) is 1.83. The van der Waals surface area contributed by atoms with Crippen molar-refractivity contribution in [1.82, 2.24) is 10.3 Å². The molecular formula is C15H16Cl2N2. The van der Waals surface area contributed by atoms with Crippen molar-refractivity contribution in [2.24, 2.45) is 0 Å². The predicted octanol–water partition coefficient (Wildman–Crippen LogP) is 3.76. The van der Waals surface area contributed by atoms with E-state index in [0.29, 0.717) is 5.02 Å². The van der Waals surface area contributed by atoms with Gasteiger partial charge in [0.05, 0.1) is 0 Å². The van der Waals surface area contributed by atoms with Crippen LogP contribution in [0.1, 0.15) is 11.3 Å². The Morgan fingerprint density at radius 3 is 2.58 bits per heavy atom. The Bertz CT molecular complexity index is 515. The van der Waals surface area contributed by atoms with Gasteiger partial charge in [-0.1, -0.05) is 35.3 Å². The van der Waals surface area contributed by atoms with E-state index >= 15 is 0 Å². The van der Waals surface area contributed by atoms with E-state index < -0.39 is 0 Å². The second kappa shape index (κ2) is 7.49. The zero-order chi connectivity index (χ0) is 13.5. The molecule has 1 aromatic carbocycles. The van der Waals surface area contributed by atoms with Crippen LogP contribution in [0.4, 0.5) is 0 Å². The summed E-state index contributed by atoms with van der Waals surface area (Å²) in [6.07, 6.45) is 3.66. The minimum atomic E-state index is 0.678. The first-order chi connectivity index (χ1) is 9.25. The van der Waals surface area contributed by atoms with Crippen molar-refractivity contribution in [2.45, 2.75) is 12.8 Å². The van der Waals surface area contributed by atoms with Crippen molar-refractivity contribution in [3.8, 4) is 0 Å². The van der Waals surface area contributed by atoms with Crippen LogP contribution in [0.25, 0.3) is 0 Å². The molecule has 0 unspecified atom stereocenters. The Hall–Kier alpha value is -1.09. The Balaban J connectivity index is 1.69. The van der Waals surface area contributed by atoms with E-state index in [4.69, 9.17) is 23.2 Å². The summed E-state index contributed by atoms with van der Waals surface area (Å²) >= 11 is 12.0. The first-order valence-corrected chi connectivity index (χ1v) is 7.06. The maximum absolute atomic E-state index is 6.12. The minimum Gasteiger partial charge on any atom is -0.316 e. The van der Waals surface area contributed by atoms with Gasteiger partial charge in [0.1, 0.15) is 0 Å². The molecule has 0 aliphatic carbocycles. The second-order valence-electron chi connectivity index (χ2n) is 4.31. The van der Waals surface area contributed by atoms with Gasteiger partial charge >= 0.3 is 0 Å². The summed E-state index contributed by atoms with van der Waals surface area (Å²) in [5, 5.41) is 4.81. The molecule has 0 aliphatic rings. The summed E-state index contributed by atoms with van der Waals surface area (Å²) < 4.78 is 0. The third kappa shape index (κ3) is 4.83. The van der Waals surface area contributed by atoms with Crippen LogP contribution in [0.5, 0.6) is 0 Å². The van der Waals surface area contributed by atoms with Gasteiger partial charge < -0.3 is 5.32 Å². The Morgan fingerprint density at radius 2 is 1.84 bits per heavy atom. The van der Waals surface area contributed by atoms with E-state index in [1.807, 2.05) is 36.5 Å². The molecule has 0 aliphatic heterocycles. The monoisotopic (exact) mass is 294 g/mol. The highest BCUT2D eigenvalue weighted by atomic mass is 35.5. The largest absolute Gasteiger partial charge is 0.316 e. The lowest BCUT2D eigenvalue weighted by atomic mass is 10.1. The molecule has 4 heteroatoms. The lowest BCUT2D eigenvalue weighted by molar-refractivity contribution is 0.675. The number of benzene rings is 1. The molecular weight excluding hydrogens is 279 g/mol. The summed E-state index contributed by atoms with van der Waals surface area (Å²) in [7, 11) is 0. The smallest absolute Gasteiger partial charge is 0.0453 e. The van der Waals surface area contributed by atoms with Crippen LogP contribution >= 0.6 is 23.2 Å². The molecule has 1 heterocycles. The molecule has 1 N–H and O–H groups in total. The molecule has 0 radical (unpaired) electrons. The third-order valence-electron chi connectivity index (χ3n) is 2.87. The van der Waals surface area contributed by atoms with Gasteiger partial charge in [0.25, 0.3) is 0 Å². The lowest BCUT2D eigenvalue weighted by Crippen LogP contribution is -2.20. The van der Waals surface area contributed by atoms with E-state index in [1.54, 1.807) is 6.07 Å². The molecule has 2 aromatic rings. The molecule has 0 saturated heterocycles. The third-order valence-corrected chi connectivity index (χ3v) is 3.46. The lowest BCUT2D eigenvalue weighted by Gasteiger charge is -2.06. The molecule has 0 saturated carbocycles. The summed E-state index contributed by atoms with van der Waals surface area (Å²) in [6, 6.07) is 11.6. The molecule has 2 rings (SSSR count). The van der Waals surface area contributed by atoms with Crippen molar-refractivity contribution >= 4 is 23.2 Å². The number of hydrogen-bond donors (Lipinski definition) is 1. The van der Waals surface area contributed by atoms with Crippen molar-refractivity contribution in [3.63, 3.8) is 0 Å². The Morgan fingerprint density at radius 1 is 1.00 bits per heavy atom. The van der Waals surface area contributed by atoms with Gasteiger partial charge in [0, 0.05) is 34.9 Å². The number of nitrogens with one attached hydrogen (secondary N) is 1. The normalized spacial score (nSPS) is 10.6. The first kappa shape index (κ1) is 14.3. The van der Waals surface area contributed by atoms with Gasteiger partial charge in [-0.05, 0) is 42.8 Å². The second-order valence-corrected chi connectivity index (χ2v) is 5.15. The van der Waals surface area contributed by atoms with E-state index in [9.17, 15) is 0 Å². The van der Waals surface area contributed by atoms with Crippen LogP contribution in [0.3, 0.4) is 0 Å². The SMILES string of the molecule is Clc1ccc(CCNCCc2ccccn2)c(Cl)c1. The maximum Gasteiger partial charge on any atom is 0.0453 e. The molecule has 0 spiro atoms. The summed E-state index contributed by atoms with van der Waals surface area (Å²) in [5.41, 5.74) is 2.23. The number of aromatic nitrogens is 1. The number of nitrogens with zero attached hydrogens (tertiary/aromatic N) is 1. The standard InChI is InChI=1S/C15H16Cl2N2/c16-13-5-4-12(15(17)11-13)6-9-18-10-7-14-3-1-2-8-19-14/h1-5,8,11,18H,6-7,9-10H2. The van der Waals surface area contributed by atoms with E-state index in [2.05, 4.69) is 10.3 Å². The number of halogens is 2. The fraction of sp³-hybridized carbons (Fsp3) is 0.267. The zero-order valence-electron chi connectivity index (χ0n) is 10.6. The van der Waals surface area contributed by atoms with Crippen LogP contribution in [-0.4, -0.2) is 18.1 Å². The topological polar surface area (TPSA) is 24.9 Å². The van der Waals surface area contributed by atoms with Crippen LogP contribution in [0.15, 0.2) is 42.6 Å². The van der Waals surface area contributed by atoms with Gasteiger partial charge in [-0.15, -0.1) is 0 Å². The average Bonchev–Trinajstić information content (AvgIpc) is 2.42. The van der Waals surface area contributed by atoms with Crippen molar-refractivity contribution in [2.75, 3.05) is 13.1 Å². The van der Waals surface area contributed by atoms with Crippen molar-refractivity contribution < 1.29 is 0 Å². The highest BCUT2D eigenvalue weighted by Gasteiger charge is 2.01. The van der Waals surface area contributed by atoms with E-state index in [0.717, 1.165) is 42.2 Å². The van der Waals surface area contributed by atoms with Crippen LogP contribution in [-0.2, 0) is 12.8 Å². The Labute approximate surface area is 123 Å². The van der Waals surface area contributed by atoms with E-state index in [-0.39, 0.29) is 0 Å². The predicted molar refractivity (Wildman–Crippen MR) is 81.0 cm³/mol. The summed E-state index contributed by atoms with van der Waals surface area (Å²) in [4.78, 5) is 4.28. The fourth-order valence-corrected chi connectivity index (χ4v) is 2.34. The molecule has 0 atom stereocenters. The van der Waals surface area contributed by atoms with Gasteiger partial charge in [-0.3, -0.25) is 4.98 Å². The van der Waals surface area contributed by atoms with Crippen molar-refractivity contribution in [1.29, 1.82) is 0 Å². The van der Waals surface area contributed by atoms with Gasteiger partial charge in [0.2, 0.25) is 0 Å². The van der Waals surface area contributed by atoms with E-state index in [1.165, 1.54) is 0 Å². The number of hydrogen-bond acceptors (Lipinski definition) is 2. The maximum atomic E-state index is 6.12. The summed E-state index contributed by atoms with van der Waals surface area (Å²) in [5.74, 6) is 0. The number of rotatable bonds is 6. The molecule has 0 bridgehead atoms. The average molecular weight is 295 g/mol. The zero-order valence-corrected chi connectivity index (χ0v) is 12.1. The highest BCUT2D eigenvalue weighted by molar-refractivity contribution is 6.35. The molecule has 0 amide bonds. The molecule has 19 heavy (non-hydrogen) atoms. The molecule has 2 nitrogen and oxygen atoms in total. The molecule has 1 aromatic heterocycles. The molecule has 100 valence electrons. The highest BCUT2D eigenvalue weighted by Crippen LogP contribution is 2.20. The van der Waals surface area contributed by atoms with Gasteiger partial charge in [-0.25, -0.2) is 0 Å². The van der Waals surface area contributed by atoms with Gasteiger partial charge in [-0.2, -0.15) is 0 Å². The number of pyridine rings is 1. The minimum absolute atomic E-state index is 0.678. The molecule has 0 fully saturated rings.